The molecule has 9 nitrogen and oxygen atoms in total. The summed E-state index contributed by atoms with van der Waals surface area (Å²) in [6.45, 7) is 0.176. The normalized spacial score (nSPS) is 32.0. The molecular weight excluding hydrogens is 377 g/mol. The third-order valence-electron chi connectivity index (χ3n) is 4.95. The molecule has 2 unspecified atom stereocenters. The molecule has 2 fully saturated rings. The number of methoxy groups -OCH3 is 1. The van der Waals surface area contributed by atoms with Crippen molar-refractivity contribution in [2.24, 2.45) is 0 Å². The van der Waals surface area contributed by atoms with Crippen LogP contribution >= 0.6 is 7.82 Å². The van der Waals surface area contributed by atoms with Gasteiger partial charge in [-0.05, 0) is 17.5 Å². The van der Waals surface area contributed by atoms with Crippen LogP contribution in [-0.4, -0.2) is 54.7 Å². The lowest BCUT2D eigenvalue weighted by Gasteiger charge is -2.31. The van der Waals surface area contributed by atoms with Gasteiger partial charge in [0.25, 0.3) is 5.56 Å². The van der Waals surface area contributed by atoms with Crippen LogP contribution in [0, 0.1) is 0 Å². The van der Waals surface area contributed by atoms with Crippen molar-refractivity contribution in [3.63, 3.8) is 0 Å². The van der Waals surface area contributed by atoms with Crippen LogP contribution < -0.4 is 5.56 Å². The van der Waals surface area contributed by atoms with Crippen LogP contribution in [0.5, 0.6) is 0 Å². The Morgan fingerprint density at radius 2 is 2.11 bits per heavy atom. The van der Waals surface area contributed by atoms with E-state index in [2.05, 4.69) is 4.52 Å². The van der Waals surface area contributed by atoms with E-state index in [9.17, 15) is 14.3 Å². The summed E-state index contributed by atoms with van der Waals surface area (Å²) in [6.07, 6.45) is -0.912. The van der Waals surface area contributed by atoms with E-state index in [1.165, 1.54) is 11.7 Å². The average Bonchev–Trinajstić information content (AvgIpc) is 3.13. The zero-order valence-electron chi connectivity index (χ0n) is 14.8. The summed E-state index contributed by atoms with van der Waals surface area (Å²) in [6, 6.07) is 9.01. The third kappa shape index (κ3) is 3.05. The fraction of sp³-hybridized carbons (Fsp3) is 0.471. The van der Waals surface area contributed by atoms with E-state index >= 15 is 0 Å². The SMILES string of the molecule is COC[C@@]12COC([C@H](n3ccc4ccccc4c3=O)O1)[C@@H]2OP(=O)(O)OC. The first-order valence-electron chi connectivity index (χ1n) is 8.36. The molecule has 3 heterocycles. The molecule has 2 aliphatic heterocycles. The Kier molecular flexibility index (Phi) is 4.72. The van der Waals surface area contributed by atoms with Crippen LogP contribution in [0.3, 0.4) is 0 Å². The highest BCUT2D eigenvalue weighted by atomic mass is 31.2. The van der Waals surface area contributed by atoms with Gasteiger partial charge in [0.2, 0.25) is 0 Å². The minimum atomic E-state index is -4.30. The van der Waals surface area contributed by atoms with Crippen molar-refractivity contribution in [2.45, 2.75) is 24.0 Å². The van der Waals surface area contributed by atoms with Crippen LogP contribution in [0.2, 0.25) is 0 Å². The largest absolute Gasteiger partial charge is 0.472 e. The zero-order valence-corrected chi connectivity index (χ0v) is 15.7. The predicted molar refractivity (Wildman–Crippen MR) is 94.4 cm³/mol. The molecule has 1 aromatic heterocycles. The van der Waals surface area contributed by atoms with Crippen LogP contribution in [0.1, 0.15) is 6.23 Å². The topological polar surface area (TPSA) is 105 Å². The maximum atomic E-state index is 12.9. The monoisotopic (exact) mass is 397 g/mol. The number of hydrogen-bond donors (Lipinski definition) is 1. The number of rotatable bonds is 6. The molecule has 1 aromatic carbocycles. The van der Waals surface area contributed by atoms with Gasteiger partial charge >= 0.3 is 7.82 Å². The molecule has 4 rings (SSSR count). The molecule has 0 radical (unpaired) electrons. The van der Waals surface area contributed by atoms with Crippen molar-refractivity contribution in [2.75, 3.05) is 27.4 Å². The van der Waals surface area contributed by atoms with Gasteiger partial charge in [0.05, 0.1) is 13.2 Å². The average molecular weight is 397 g/mol. The van der Waals surface area contributed by atoms with Crippen LogP contribution in [0.25, 0.3) is 10.8 Å². The van der Waals surface area contributed by atoms with E-state index in [4.69, 9.17) is 18.7 Å². The lowest BCUT2D eigenvalue weighted by Crippen LogP contribution is -2.45. The number of phosphoric acid groups is 1. The second-order valence-corrected chi connectivity index (χ2v) is 8.09. The molecule has 10 heteroatoms. The van der Waals surface area contributed by atoms with Crippen molar-refractivity contribution in [1.82, 2.24) is 4.57 Å². The van der Waals surface area contributed by atoms with Crippen LogP contribution in [0.15, 0.2) is 41.3 Å². The van der Waals surface area contributed by atoms with Gasteiger partial charge in [-0.2, -0.15) is 0 Å². The van der Waals surface area contributed by atoms with Crippen molar-refractivity contribution in [3.05, 3.63) is 46.9 Å². The van der Waals surface area contributed by atoms with Gasteiger partial charge in [-0.1, -0.05) is 18.2 Å². The highest BCUT2D eigenvalue weighted by Gasteiger charge is 2.64. The molecule has 27 heavy (non-hydrogen) atoms. The summed E-state index contributed by atoms with van der Waals surface area (Å²) in [7, 11) is -1.74. The number of pyridine rings is 1. The lowest BCUT2D eigenvalue weighted by atomic mass is 10.0. The second-order valence-electron chi connectivity index (χ2n) is 6.57. The van der Waals surface area contributed by atoms with Gasteiger partial charge in [-0.3, -0.25) is 18.4 Å². The number of hydrogen-bond acceptors (Lipinski definition) is 7. The number of phosphoric ester groups is 1. The van der Waals surface area contributed by atoms with E-state index in [1.54, 1.807) is 24.4 Å². The summed E-state index contributed by atoms with van der Waals surface area (Å²) in [5.41, 5.74) is -1.37. The van der Waals surface area contributed by atoms with Gasteiger partial charge in [-0.25, -0.2) is 4.57 Å². The Labute approximate surface area is 155 Å². The molecule has 1 N–H and O–H groups in total. The molecule has 5 atom stereocenters. The Morgan fingerprint density at radius 3 is 2.85 bits per heavy atom. The minimum absolute atomic E-state index is 0.0662. The molecule has 0 saturated carbocycles. The first-order chi connectivity index (χ1) is 12.9. The molecule has 146 valence electrons. The van der Waals surface area contributed by atoms with Gasteiger partial charge in [0.1, 0.15) is 17.8 Å². The zero-order chi connectivity index (χ0) is 19.2. The Bertz CT molecular complexity index is 961. The number of nitrogens with zero attached hydrogens (tertiary/aromatic N) is 1. The highest BCUT2D eigenvalue weighted by Crippen LogP contribution is 2.54. The summed E-state index contributed by atoms with van der Waals surface area (Å²) in [4.78, 5) is 22.7. The second kappa shape index (κ2) is 6.79. The molecule has 0 amide bonds. The summed E-state index contributed by atoms with van der Waals surface area (Å²) < 4.78 is 40.3. The fourth-order valence-corrected chi connectivity index (χ4v) is 4.40. The quantitative estimate of drug-likeness (QED) is 0.731. The number of ether oxygens (including phenoxy) is 3. The number of aromatic nitrogens is 1. The fourth-order valence-electron chi connectivity index (χ4n) is 3.71. The third-order valence-corrected chi connectivity index (χ3v) is 5.91. The Morgan fingerprint density at radius 1 is 1.33 bits per heavy atom. The maximum Gasteiger partial charge on any atom is 0.472 e. The molecule has 2 aromatic rings. The maximum absolute atomic E-state index is 12.9. The van der Waals surface area contributed by atoms with E-state index in [0.29, 0.717) is 5.39 Å². The summed E-state index contributed by atoms with van der Waals surface area (Å²) in [5, 5.41) is 1.34. The van der Waals surface area contributed by atoms with Gasteiger partial charge in [-0.15, -0.1) is 0 Å². The lowest BCUT2D eigenvalue weighted by molar-refractivity contribution is -0.190. The molecule has 2 saturated heterocycles. The van der Waals surface area contributed by atoms with E-state index in [-0.39, 0.29) is 18.8 Å². The number of fused-ring (bicyclic) bond motifs is 3. The highest BCUT2D eigenvalue weighted by molar-refractivity contribution is 7.47. The Balaban J connectivity index is 1.75. The van der Waals surface area contributed by atoms with Gasteiger partial charge < -0.3 is 19.1 Å². The van der Waals surface area contributed by atoms with Gasteiger partial charge in [0.15, 0.2) is 6.23 Å². The summed E-state index contributed by atoms with van der Waals surface area (Å²) in [5.74, 6) is 0. The van der Waals surface area contributed by atoms with Crippen molar-refractivity contribution >= 4 is 18.6 Å². The van der Waals surface area contributed by atoms with E-state index in [0.717, 1.165) is 12.5 Å². The first-order valence-corrected chi connectivity index (χ1v) is 9.85. The Hall–Kier alpha value is -1.58. The minimum Gasteiger partial charge on any atom is -0.381 e. The van der Waals surface area contributed by atoms with Crippen molar-refractivity contribution in [1.29, 1.82) is 0 Å². The van der Waals surface area contributed by atoms with E-state index < -0.39 is 31.9 Å². The smallest absolute Gasteiger partial charge is 0.381 e. The molecule has 0 aliphatic carbocycles. The molecule has 0 spiro atoms. The molecule has 2 bridgehead atoms. The van der Waals surface area contributed by atoms with Crippen LogP contribution in [0.4, 0.5) is 0 Å². The van der Waals surface area contributed by atoms with Gasteiger partial charge in [0, 0.05) is 25.8 Å². The summed E-state index contributed by atoms with van der Waals surface area (Å²) >= 11 is 0. The predicted octanol–water partition coefficient (Wildman–Crippen LogP) is 1.45. The van der Waals surface area contributed by atoms with Crippen molar-refractivity contribution in [3.8, 4) is 0 Å². The van der Waals surface area contributed by atoms with E-state index in [1.807, 2.05) is 12.1 Å². The standard InChI is InChI=1S/C17H20NO8P/c1-22-9-17-10-24-13(14(17)26-27(20,21)23-2)16(25-17)18-8-7-11-5-3-4-6-12(11)15(18)19/h3-8,13-14,16H,9-10H2,1-2H3,(H,20,21)/t13?,14-,16+,17-/m0/s1. The van der Waals surface area contributed by atoms with Crippen LogP contribution in [-0.2, 0) is 27.8 Å². The van der Waals surface area contributed by atoms with Crippen molar-refractivity contribution < 1.29 is 32.7 Å². The molecular formula is C17H20NO8P. The molecule has 2 aliphatic rings. The number of benzene rings is 1. The first kappa shape index (κ1) is 18.8.